The fourth-order valence-corrected chi connectivity index (χ4v) is 4.68. The van der Waals surface area contributed by atoms with E-state index in [9.17, 15) is 0 Å². The molecule has 2 fully saturated rings. The van der Waals surface area contributed by atoms with Gasteiger partial charge in [-0.2, -0.15) is 0 Å². The molecule has 1 aromatic rings. The Bertz CT molecular complexity index is 465. The Morgan fingerprint density at radius 3 is 2.10 bits per heavy atom. The largest absolute Gasteiger partial charge is 0.296 e. The van der Waals surface area contributed by atoms with E-state index in [1.807, 2.05) is 0 Å². The molecule has 0 aromatic heterocycles. The zero-order valence-electron chi connectivity index (χ0n) is 13.5. The lowest BCUT2D eigenvalue weighted by Gasteiger charge is -2.45. The average Bonchev–Trinajstić information content (AvgIpc) is 3.10. The number of benzene rings is 1. The lowest BCUT2D eigenvalue weighted by atomic mass is 9.81. The van der Waals surface area contributed by atoms with Gasteiger partial charge >= 0.3 is 0 Å². The molecule has 3 rings (SSSR count). The van der Waals surface area contributed by atoms with Gasteiger partial charge in [0.15, 0.2) is 0 Å². The summed E-state index contributed by atoms with van der Waals surface area (Å²) in [5.74, 6) is 6.06. The molecule has 3 heteroatoms. The second kappa shape index (κ2) is 6.07. The number of hydrazine groups is 1. The van der Waals surface area contributed by atoms with Crippen LogP contribution in [-0.4, -0.2) is 23.5 Å². The number of hydrogen-bond donors (Lipinski definition) is 2. The summed E-state index contributed by atoms with van der Waals surface area (Å²) >= 11 is 0. The van der Waals surface area contributed by atoms with Crippen LogP contribution in [0.2, 0.25) is 0 Å². The highest BCUT2D eigenvalue weighted by molar-refractivity contribution is 5.33. The Morgan fingerprint density at radius 1 is 1.00 bits per heavy atom. The number of aryl methyl sites for hydroxylation is 2. The Labute approximate surface area is 128 Å². The molecule has 1 saturated heterocycles. The van der Waals surface area contributed by atoms with Crippen LogP contribution in [0.25, 0.3) is 0 Å². The topological polar surface area (TPSA) is 41.3 Å². The number of hydrogen-bond acceptors (Lipinski definition) is 3. The zero-order valence-corrected chi connectivity index (χ0v) is 13.5. The standard InChI is InChI=1S/C18H29N3/c1-14-11-15(2)13-16(12-14)17(20-19)18(7-3-4-8-18)21-9-5-6-10-21/h11-13,17,20H,3-10,19H2,1-2H3. The normalized spacial score (nSPS) is 23.6. The first-order chi connectivity index (χ1) is 10.2. The molecule has 1 saturated carbocycles. The Balaban J connectivity index is 1.98. The maximum Gasteiger partial charge on any atom is 0.0644 e. The fourth-order valence-electron chi connectivity index (χ4n) is 4.68. The van der Waals surface area contributed by atoms with Gasteiger partial charge in [-0.15, -0.1) is 0 Å². The number of nitrogens with one attached hydrogen (secondary N) is 1. The van der Waals surface area contributed by atoms with Crippen molar-refractivity contribution in [2.45, 2.75) is 64.0 Å². The smallest absolute Gasteiger partial charge is 0.0644 e. The number of likely N-dealkylation sites (tertiary alicyclic amines) is 1. The van der Waals surface area contributed by atoms with Crippen molar-refractivity contribution in [3.8, 4) is 0 Å². The van der Waals surface area contributed by atoms with Crippen molar-refractivity contribution in [3.63, 3.8) is 0 Å². The van der Waals surface area contributed by atoms with Gasteiger partial charge < -0.3 is 0 Å². The first kappa shape index (κ1) is 15.0. The van der Waals surface area contributed by atoms with Crippen LogP contribution in [-0.2, 0) is 0 Å². The summed E-state index contributed by atoms with van der Waals surface area (Å²) in [6, 6.07) is 7.12. The minimum atomic E-state index is 0.228. The summed E-state index contributed by atoms with van der Waals surface area (Å²) in [5, 5.41) is 0. The molecule has 21 heavy (non-hydrogen) atoms. The summed E-state index contributed by atoms with van der Waals surface area (Å²) in [6.07, 6.45) is 7.89. The van der Waals surface area contributed by atoms with Crippen LogP contribution >= 0.6 is 0 Å². The van der Waals surface area contributed by atoms with Crippen LogP contribution in [0.15, 0.2) is 18.2 Å². The van der Waals surface area contributed by atoms with Gasteiger partial charge in [-0.05, 0) is 58.2 Å². The lowest BCUT2D eigenvalue weighted by Crippen LogP contribution is -2.55. The van der Waals surface area contributed by atoms with Crippen LogP contribution in [0.5, 0.6) is 0 Å². The van der Waals surface area contributed by atoms with Crippen LogP contribution in [0.1, 0.15) is 61.3 Å². The summed E-state index contributed by atoms with van der Waals surface area (Å²) in [7, 11) is 0. The third kappa shape index (κ3) is 2.75. The molecular weight excluding hydrogens is 258 g/mol. The Hall–Kier alpha value is -0.900. The molecule has 0 amide bonds. The third-order valence-electron chi connectivity index (χ3n) is 5.49. The van der Waals surface area contributed by atoms with E-state index in [0.717, 1.165) is 0 Å². The molecule has 3 nitrogen and oxygen atoms in total. The molecule has 1 aromatic carbocycles. The summed E-state index contributed by atoms with van der Waals surface area (Å²) < 4.78 is 0. The van der Waals surface area contributed by atoms with Gasteiger partial charge in [0, 0.05) is 5.54 Å². The number of rotatable bonds is 4. The van der Waals surface area contributed by atoms with Crippen molar-refractivity contribution in [1.29, 1.82) is 0 Å². The van der Waals surface area contributed by atoms with E-state index in [2.05, 4.69) is 42.4 Å². The van der Waals surface area contributed by atoms with Crippen molar-refractivity contribution in [2.24, 2.45) is 5.84 Å². The molecule has 3 N–H and O–H groups in total. The van der Waals surface area contributed by atoms with E-state index in [1.54, 1.807) is 0 Å². The average molecular weight is 287 g/mol. The van der Waals surface area contributed by atoms with Crippen LogP contribution < -0.4 is 11.3 Å². The second-order valence-corrected chi connectivity index (χ2v) is 7.03. The zero-order chi connectivity index (χ0) is 14.9. The molecule has 1 aliphatic heterocycles. The SMILES string of the molecule is Cc1cc(C)cc(C(NN)C2(N3CCCC3)CCCC2)c1. The van der Waals surface area contributed by atoms with Crippen LogP contribution in [0.4, 0.5) is 0 Å². The summed E-state index contributed by atoms with van der Waals surface area (Å²) in [4.78, 5) is 2.72. The predicted octanol–water partition coefficient (Wildman–Crippen LogP) is 3.22. The molecule has 116 valence electrons. The van der Waals surface area contributed by atoms with E-state index >= 15 is 0 Å². The van der Waals surface area contributed by atoms with Gasteiger partial charge in [0.1, 0.15) is 0 Å². The third-order valence-corrected chi connectivity index (χ3v) is 5.49. The molecule has 0 bridgehead atoms. The summed E-state index contributed by atoms with van der Waals surface area (Å²) in [6.45, 7) is 6.84. The maximum atomic E-state index is 6.06. The van der Waals surface area contributed by atoms with E-state index in [0.29, 0.717) is 0 Å². The van der Waals surface area contributed by atoms with E-state index < -0.39 is 0 Å². The Morgan fingerprint density at radius 2 is 1.57 bits per heavy atom. The molecular formula is C18H29N3. The van der Waals surface area contributed by atoms with Crippen molar-refractivity contribution in [3.05, 3.63) is 34.9 Å². The molecule has 2 aliphatic rings. The second-order valence-electron chi connectivity index (χ2n) is 7.03. The van der Waals surface area contributed by atoms with Gasteiger partial charge in [0.25, 0.3) is 0 Å². The molecule has 1 aliphatic carbocycles. The highest BCUT2D eigenvalue weighted by Crippen LogP contribution is 2.45. The van der Waals surface area contributed by atoms with Crippen LogP contribution in [0, 0.1) is 13.8 Å². The van der Waals surface area contributed by atoms with E-state index in [-0.39, 0.29) is 11.6 Å². The molecule has 0 radical (unpaired) electrons. The first-order valence-corrected chi connectivity index (χ1v) is 8.45. The van der Waals surface area contributed by atoms with Crippen molar-refractivity contribution in [1.82, 2.24) is 10.3 Å². The highest BCUT2D eigenvalue weighted by atomic mass is 15.3. The molecule has 0 spiro atoms. The lowest BCUT2D eigenvalue weighted by molar-refractivity contribution is 0.0764. The fraction of sp³-hybridized carbons (Fsp3) is 0.667. The molecule has 1 atom stereocenters. The van der Waals surface area contributed by atoms with Crippen molar-refractivity contribution >= 4 is 0 Å². The maximum absolute atomic E-state index is 6.06. The number of nitrogens with two attached hydrogens (primary N) is 1. The minimum absolute atomic E-state index is 0.228. The van der Waals surface area contributed by atoms with Gasteiger partial charge in [-0.25, -0.2) is 0 Å². The molecule has 1 heterocycles. The first-order valence-electron chi connectivity index (χ1n) is 8.45. The monoisotopic (exact) mass is 287 g/mol. The number of nitrogens with zero attached hydrogens (tertiary/aromatic N) is 1. The quantitative estimate of drug-likeness (QED) is 0.660. The predicted molar refractivity (Wildman–Crippen MR) is 88.0 cm³/mol. The van der Waals surface area contributed by atoms with E-state index in [4.69, 9.17) is 5.84 Å². The van der Waals surface area contributed by atoms with Gasteiger partial charge in [-0.1, -0.05) is 42.2 Å². The van der Waals surface area contributed by atoms with Crippen molar-refractivity contribution in [2.75, 3.05) is 13.1 Å². The van der Waals surface area contributed by atoms with Gasteiger partial charge in [-0.3, -0.25) is 16.2 Å². The van der Waals surface area contributed by atoms with Gasteiger partial charge in [0.05, 0.1) is 6.04 Å². The van der Waals surface area contributed by atoms with E-state index in [1.165, 1.54) is 68.3 Å². The van der Waals surface area contributed by atoms with Crippen molar-refractivity contribution < 1.29 is 0 Å². The minimum Gasteiger partial charge on any atom is -0.296 e. The molecule has 1 unspecified atom stereocenters. The summed E-state index contributed by atoms with van der Waals surface area (Å²) in [5.41, 5.74) is 7.45. The van der Waals surface area contributed by atoms with Crippen LogP contribution in [0.3, 0.4) is 0 Å². The Kier molecular flexibility index (Phi) is 4.34. The highest BCUT2D eigenvalue weighted by Gasteiger charge is 2.46. The van der Waals surface area contributed by atoms with Gasteiger partial charge in [0.2, 0.25) is 0 Å².